The fourth-order valence-corrected chi connectivity index (χ4v) is 5.13. The summed E-state index contributed by atoms with van der Waals surface area (Å²) in [4.78, 5) is 26.0. The molecule has 0 aliphatic heterocycles. The lowest BCUT2D eigenvalue weighted by Gasteiger charge is -2.24. The fourth-order valence-electron chi connectivity index (χ4n) is 4.19. The molecule has 0 heterocycles. The number of benzene rings is 4. The minimum atomic E-state index is -4.69. The van der Waals surface area contributed by atoms with Crippen LogP contribution < -0.4 is 10.6 Å². The Kier molecular flexibility index (Phi) is 6.23. The molecule has 11 nitrogen and oxygen atoms in total. The Morgan fingerprint density at radius 3 is 1.44 bits per heavy atom. The van der Waals surface area contributed by atoms with Gasteiger partial charge in [0.1, 0.15) is 20.2 Å². The molecule has 0 spiro atoms. The molecular weight excluding hydrogens is 548 g/mol. The normalized spacial score (nSPS) is 13.0. The second kappa shape index (κ2) is 9.32. The van der Waals surface area contributed by atoms with Gasteiger partial charge in [-0.05, 0) is 54.6 Å². The molecule has 198 valence electrons. The predicted molar refractivity (Wildman–Crippen MR) is 137 cm³/mol. The van der Waals surface area contributed by atoms with Crippen molar-refractivity contribution in [1.29, 1.82) is 0 Å². The highest BCUT2D eigenvalue weighted by molar-refractivity contribution is 7.86. The van der Waals surface area contributed by atoms with Crippen LogP contribution in [0.3, 0.4) is 0 Å². The van der Waals surface area contributed by atoms with Crippen LogP contribution in [-0.4, -0.2) is 42.6 Å². The van der Waals surface area contributed by atoms with Crippen molar-refractivity contribution < 1.29 is 40.6 Å². The number of ketones is 2. The Bertz CT molecular complexity index is 1880. The van der Waals surface area contributed by atoms with Gasteiger partial charge in [0, 0.05) is 22.5 Å². The van der Waals surface area contributed by atoms with Crippen LogP contribution in [0.2, 0.25) is 0 Å². The number of aromatic hydroxyl groups is 1. The third kappa shape index (κ3) is 4.86. The van der Waals surface area contributed by atoms with Gasteiger partial charge >= 0.3 is 0 Å². The van der Waals surface area contributed by atoms with Crippen molar-refractivity contribution in [3.05, 3.63) is 101 Å². The van der Waals surface area contributed by atoms with Gasteiger partial charge in [0.25, 0.3) is 0 Å². The summed E-state index contributed by atoms with van der Waals surface area (Å²) in [7, 11) is -9.38. The van der Waals surface area contributed by atoms with Crippen molar-refractivity contribution in [2.45, 2.75) is 9.79 Å². The molecule has 39 heavy (non-hydrogen) atoms. The number of hydrogen-bond donors (Lipinski definition) is 3. The first-order valence-corrected chi connectivity index (χ1v) is 13.9. The van der Waals surface area contributed by atoms with Crippen LogP contribution >= 0.6 is 0 Å². The molecule has 0 aromatic heterocycles. The number of fused-ring (bicyclic) bond motifs is 2. The zero-order valence-electron chi connectivity index (χ0n) is 19.5. The molecule has 0 atom stereocenters. The Morgan fingerprint density at radius 2 is 1.00 bits per heavy atom. The molecule has 0 bridgehead atoms. The Labute approximate surface area is 222 Å². The van der Waals surface area contributed by atoms with E-state index in [9.17, 15) is 40.6 Å². The predicted octanol–water partition coefficient (Wildman–Crippen LogP) is 3.46. The van der Waals surface area contributed by atoms with E-state index in [0.717, 1.165) is 24.3 Å². The van der Waals surface area contributed by atoms with E-state index in [1.807, 2.05) is 0 Å². The number of carbonyl (C=O) groups excluding carboxylic acids is 2. The van der Waals surface area contributed by atoms with Crippen molar-refractivity contribution in [3.8, 4) is 5.75 Å². The van der Waals surface area contributed by atoms with Crippen LogP contribution in [0.15, 0.2) is 88.7 Å². The number of anilines is 4. The monoisotopic (exact) mass is 564 g/mol. The SMILES string of the molecule is O=C1c2ccccc2C(=O)c2c(O)c(Nc3ccc(S(=O)(=O)[O-])cc3)cc(Nc3ccc(S(=O)(=O)[O-])cc3)c21. The second-order valence-corrected chi connectivity index (χ2v) is 11.2. The Balaban J connectivity index is 1.64. The lowest BCUT2D eigenvalue weighted by atomic mass is 9.82. The van der Waals surface area contributed by atoms with Gasteiger partial charge < -0.3 is 24.8 Å². The summed E-state index contributed by atoms with van der Waals surface area (Å²) < 4.78 is 67.5. The number of carbonyl (C=O) groups is 2. The van der Waals surface area contributed by atoms with Gasteiger partial charge in [-0.25, -0.2) is 16.8 Å². The highest BCUT2D eigenvalue weighted by Crippen LogP contribution is 2.43. The summed E-state index contributed by atoms with van der Waals surface area (Å²) in [6.07, 6.45) is 0. The van der Waals surface area contributed by atoms with E-state index in [1.165, 1.54) is 42.5 Å². The number of phenolic OH excluding ortho intramolecular Hbond substituents is 1. The highest BCUT2D eigenvalue weighted by Gasteiger charge is 2.35. The first-order chi connectivity index (χ1) is 18.3. The fraction of sp³-hybridized carbons (Fsp3) is 0. The zero-order chi connectivity index (χ0) is 28.1. The molecule has 0 fully saturated rings. The molecule has 3 N–H and O–H groups in total. The maximum atomic E-state index is 13.5. The second-order valence-electron chi connectivity index (χ2n) is 8.48. The van der Waals surface area contributed by atoms with Gasteiger partial charge in [0.2, 0.25) is 0 Å². The summed E-state index contributed by atoms with van der Waals surface area (Å²) in [5.74, 6) is -1.71. The van der Waals surface area contributed by atoms with E-state index in [0.29, 0.717) is 0 Å². The zero-order valence-corrected chi connectivity index (χ0v) is 21.2. The Morgan fingerprint density at radius 1 is 0.590 bits per heavy atom. The van der Waals surface area contributed by atoms with Crippen LogP contribution in [-0.2, 0) is 20.2 Å². The molecule has 0 unspecified atom stereocenters. The van der Waals surface area contributed by atoms with Crippen LogP contribution in [0.5, 0.6) is 5.75 Å². The Hall–Kier alpha value is -4.56. The van der Waals surface area contributed by atoms with Crippen molar-refractivity contribution in [2.75, 3.05) is 10.6 Å². The van der Waals surface area contributed by atoms with Crippen molar-refractivity contribution >= 4 is 54.6 Å². The average Bonchev–Trinajstić information content (AvgIpc) is 2.88. The van der Waals surface area contributed by atoms with E-state index < -0.39 is 47.3 Å². The lowest BCUT2D eigenvalue weighted by Crippen LogP contribution is -2.22. The van der Waals surface area contributed by atoms with E-state index in [4.69, 9.17) is 0 Å². The van der Waals surface area contributed by atoms with Crippen LogP contribution in [0.1, 0.15) is 31.8 Å². The van der Waals surface area contributed by atoms with Gasteiger partial charge in [0.15, 0.2) is 17.3 Å². The van der Waals surface area contributed by atoms with Crippen LogP contribution in [0.25, 0.3) is 0 Å². The van der Waals surface area contributed by atoms with Gasteiger partial charge in [-0.15, -0.1) is 0 Å². The molecule has 0 saturated heterocycles. The highest BCUT2D eigenvalue weighted by atomic mass is 32.2. The maximum absolute atomic E-state index is 13.5. The minimum Gasteiger partial charge on any atom is -0.744 e. The molecule has 1 aliphatic carbocycles. The molecule has 4 aromatic carbocycles. The average molecular weight is 565 g/mol. The first-order valence-electron chi connectivity index (χ1n) is 11.1. The van der Waals surface area contributed by atoms with Gasteiger partial charge in [0.05, 0.1) is 32.3 Å². The molecule has 1 aliphatic rings. The van der Waals surface area contributed by atoms with Crippen LogP contribution in [0, 0.1) is 0 Å². The molecule has 0 radical (unpaired) electrons. The summed E-state index contributed by atoms with van der Waals surface area (Å²) in [6.45, 7) is 0. The smallest absolute Gasteiger partial charge is 0.198 e. The molecule has 5 rings (SSSR count). The molecule has 4 aromatic rings. The van der Waals surface area contributed by atoms with E-state index in [-0.39, 0.29) is 45.0 Å². The maximum Gasteiger partial charge on any atom is 0.198 e. The number of nitrogens with one attached hydrogen (secondary N) is 2. The minimum absolute atomic E-state index is 0.0340. The van der Waals surface area contributed by atoms with Crippen molar-refractivity contribution in [2.24, 2.45) is 0 Å². The molecule has 13 heteroatoms. The van der Waals surface area contributed by atoms with Crippen molar-refractivity contribution in [3.63, 3.8) is 0 Å². The summed E-state index contributed by atoms with van der Waals surface area (Å²) in [5, 5.41) is 16.9. The number of rotatable bonds is 6. The summed E-state index contributed by atoms with van der Waals surface area (Å²) >= 11 is 0. The molecular formula is C26H16N2O9S2-2. The largest absolute Gasteiger partial charge is 0.744 e. The van der Waals surface area contributed by atoms with Crippen LogP contribution in [0.4, 0.5) is 22.7 Å². The summed E-state index contributed by atoms with van der Waals surface area (Å²) in [6, 6.07) is 16.9. The summed E-state index contributed by atoms with van der Waals surface area (Å²) in [5.41, 5.74) is 0.361. The topological polar surface area (TPSA) is 193 Å². The van der Waals surface area contributed by atoms with E-state index >= 15 is 0 Å². The third-order valence-electron chi connectivity index (χ3n) is 6.01. The lowest BCUT2D eigenvalue weighted by molar-refractivity contribution is 0.0977. The van der Waals surface area contributed by atoms with E-state index in [2.05, 4.69) is 10.6 Å². The quantitative estimate of drug-likeness (QED) is 0.155. The number of phenols is 1. The first kappa shape index (κ1) is 26.1. The molecule has 0 amide bonds. The van der Waals surface area contributed by atoms with Gasteiger partial charge in [-0.3, -0.25) is 9.59 Å². The number of hydrogen-bond acceptors (Lipinski definition) is 11. The standard InChI is InChI=1S/C26H18N2O9S2/c29-24-18-3-1-2-4-19(18)25(30)23-22(24)20(27-14-5-9-16(10-6-14)38(32,33)34)13-21(26(23)31)28-15-7-11-17(12-8-15)39(35,36)37/h1-13,27-28,31H,(H,32,33,34)(H,35,36,37)/p-2. The molecule has 0 saturated carbocycles. The third-order valence-corrected chi connectivity index (χ3v) is 7.71. The van der Waals surface area contributed by atoms with Crippen molar-refractivity contribution in [1.82, 2.24) is 0 Å². The van der Waals surface area contributed by atoms with E-state index in [1.54, 1.807) is 12.1 Å². The van der Waals surface area contributed by atoms with Gasteiger partial charge in [-0.2, -0.15) is 0 Å². The van der Waals surface area contributed by atoms with Gasteiger partial charge in [-0.1, -0.05) is 24.3 Å².